The Balaban J connectivity index is 1.65. The lowest BCUT2D eigenvalue weighted by molar-refractivity contribution is 0.391. The molecular formula is C27H28N4OS. The highest BCUT2D eigenvalue weighted by molar-refractivity contribution is 7.80. The molecule has 0 aliphatic carbocycles. The first-order chi connectivity index (χ1) is 15.9. The molecule has 33 heavy (non-hydrogen) atoms. The highest BCUT2D eigenvalue weighted by Crippen LogP contribution is 2.21. The number of nitrogens with one attached hydrogen (secondary N) is 2. The van der Waals surface area contributed by atoms with Crippen LogP contribution >= 0.6 is 12.2 Å². The summed E-state index contributed by atoms with van der Waals surface area (Å²) in [4.78, 5) is 22.3. The van der Waals surface area contributed by atoms with E-state index in [2.05, 4.69) is 47.3 Å². The number of pyridine rings is 2. The average molecular weight is 457 g/mol. The number of aryl methyl sites for hydroxylation is 2. The predicted octanol–water partition coefficient (Wildman–Crippen LogP) is 5.18. The number of aromatic amines is 1. The lowest BCUT2D eigenvalue weighted by Crippen LogP contribution is -2.41. The molecule has 0 bridgehead atoms. The van der Waals surface area contributed by atoms with E-state index in [-0.39, 0.29) is 11.6 Å². The van der Waals surface area contributed by atoms with Gasteiger partial charge in [0.2, 0.25) is 0 Å². The van der Waals surface area contributed by atoms with Gasteiger partial charge in [-0.15, -0.1) is 0 Å². The molecule has 0 amide bonds. The zero-order valence-corrected chi connectivity index (χ0v) is 19.9. The number of H-pyrrole nitrogens is 1. The molecular weight excluding hydrogens is 428 g/mol. The molecule has 0 radical (unpaired) electrons. The molecule has 0 fully saturated rings. The van der Waals surface area contributed by atoms with E-state index in [9.17, 15) is 4.79 Å². The highest BCUT2D eigenvalue weighted by atomic mass is 32.1. The second-order valence-corrected chi connectivity index (χ2v) is 8.80. The normalized spacial score (nSPS) is 11.8. The van der Waals surface area contributed by atoms with Crippen LogP contribution in [0.5, 0.6) is 0 Å². The zero-order chi connectivity index (χ0) is 23.4. The van der Waals surface area contributed by atoms with Gasteiger partial charge in [-0.05, 0) is 67.4 Å². The van der Waals surface area contributed by atoms with Gasteiger partial charge in [0.25, 0.3) is 5.56 Å². The first-order valence-electron chi connectivity index (χ1n) is 11.0. The minimum atomic E-state index is -0.0914. The second-order valence-electron chi connectivity index (χ2n) is 8.41. The van der Waals surface area contributed by atoms with Crippen LogP contribution in [0.3, 0.4) is 0 Å². The molecule has 1 unspecified atom stereocenters. The number of fused-ring (bicyclic) bond motifs is 1. The third-order valence-corrected chi connectivity index (χ3v) is 6.28. The van der Waals surface area contributed by atoms with Crippen molar-refractivity contribution in [3.8, 4) is 0 Å². The Hall–Kier alpha value is -3.51. The smallest absolute Gasteiger partial charge is 0.253 e. The Bertz CT molecular complexity index is 1320. The molecule has 168 valence electrons. The summed E-state index contributed by atoms with van der Waals surface area (Å²) < 4.78 is 0. The molecule has 2 N–H and O–H groups in total. The van der Waals surface area contributed by atoms with Crippen molar-refractivity contribution in [1.29, 1.82) is 0 Å². The van der Waals surface area contributed by atoms with Crippen LogP contribution in [0.2, 0.25) is 0 Å². The van der Waals surface area contributed by atoms with Gasteiger partial charge in [0.05, 0.1) is 18.1 Å². The molecule has 0 aliphatic heterocycles. The van der Waals surface area contributed by atoms with E-state index in [1.165, 1.54) is 0 Å². The van der Waals surface area contributed by atoms with E-state index >= 15 is 0 Å². The summed E-state index contributed by atoms with van der Waals surface area (Å²) in [6.45, 7) is 7.09. The maximum absolute atomic E-state index is 13.0. The molecule has 2 aromatic carbocycles. The van der Waals surface area contributed by atoms with Gasteiger partial charge in [0, 0.05) is 29.9 Å². The summed E-state index contributed by atoms with van der Waals surface area (Å²) in [5.41, 5.74) is 5.84. The van der Waals surface area contributed by atoms with Crippen molar-refractivity contribution in [2.45, 2.75) is 39.9 Å². The minimum Gasteiger partial charge on any atom is -0.356 e. The van der Waals surface area contributed by atoms with Crippen molar-refractivity contribution in [2.75, 3.05) is 0 Å². The number of nitrogens with zero attached hydrogens (tertiary/aromatic N) is 2. The number of aromatic nitrogens is 2. The molecule has 6 heteroatoms. The highest BCUT2D eigenvalue weighted by Gasteiger charge is 2.17. The van der Waals surface area contributed by atoms with Gasteiger partial charge in [-0.25, -0.2) is 0 Å². The Morgan fingerprint density at radius 3 is 2.55 bits per heavy atom. The van der Waals surface area contributed by atoms with Gasteiger partial charge in [0.1, 0.15) is 0 Å². The predicted molar refractivity (Wildman–Crippen MR) is 138 cm³/mol. The lowest BCUT2D eigenvalue weighted by atomic mass is 10.0. The summed E-state index contributed by atoms with van der Waals surface area (Å²) in [5.74, 6) is 0. The Kier molecular flexibility index (Phi) is 6.84. The summed E-state index contributed by atoms with van der Waals surface area (Å²) in [6, 6.07) is 20.3. The van der Waals surface area contributed by atoms with Crippen LogP contribution in [0.4, 0.5) is 0 Å². The van der Waals surface area contributed by atoms with E-state index < -0.39 is 0 Å². The van der Waals surface area contributed by atoms with Crippen molar-refractivity contribution < 1.29 is 0 Å². The fourth-order valence-corrected chi connectivity index (χ4v) is 4.26. The largest absolute Gasteiger partial charge is 0.356 e. The van der Waals surface area contributed by atoms with Gasteiger partial charge >= 0.3 is 0 Å². The van der Waals surface area contributed by atoms with Gasteiger partial charge in [-0.1, -0.05) is 48.5 Å². The SMILES string of the molecule is Cc1ccc(C)c2[nH]c(=O)c(CN(Cc3cccnc3)C(=S)NC(C)c3ccccc3)cc12. The molecule has 0 spiro atoms. The first-order valence-corrected chi connectivity index (χ1v) is 11.4. The number of thiocarbonyl (C=S) groups is 1. The maximum Gasteiger partial charge on any atom is 0.253 e. The number of benzene rings is 2. The van der Waals surface area contributed by atoms with Gasteiger partial charge in [-0.2, -0.15) is 0 Å². The number of rotatable bonds is 6. The van der Waals surface area contributed by atoms with E-state index in [0.29, 0.717) is 23.8 Å². The monoisotopic (exact) mass is 456 g/mol. The average Bonchev–Trinajstić information content (AvgIpc) is 2.83. The second kappa shape index (κ2) is 9.96. The van der Waals surface area contributed by atoms with E-state index in [1.807, 2.05) is 60.5 Å². The molecule has 2 heterocycles. The minimum absolute atomic E-state index is 0.0369. The van der Waals surface area contributed by atoms with Crippen LogP contribution in [0, 0.1) is 13.8 Å². The summed E-state index contributed by atoms with van der Waals surface area (Å²) >= 11 is 5.82. The molecule has 0 aliphatic rings. The van der Waals surface area contributed by atoms with E-state index in [0.717, 1.165) is 33.2 Å². The van der Waals surface area contributed by atoms with Crippen molar-refractivity contribution in [2.24, 2.45) is 0 Å². The van der Waals surface area contributed by atoms with E-state index in [4.69, 9.17) is 12.2 Å². The van der Waals surface area contributed by atoms with Gasteiger partial charge in [0.15, 0.2) is 5.11 Å². The first kappa shape index (κ1) is 22.7. The molecule has 0 saturated carbocycles. The quantitative estimate of drug-likeness (QED) is 0.392. The summed E-state index contributed by atoms with van der Waals surface area (Å²) in [5, 5.41) is 5.09. The Morgan fingerprint density at radius 2 is 1.82 bits per heavy atom. The lowest BCUT2D eigenvalue weighted by Gasteiger charge is -2.28. The van der Waals surface area contributed by atoms with Crippen molar-refractivity contribution in [3.05, 3.63) is 111 Å². The topological polar surface area (TPSA) is 61.0 Å². The molecule has 4 rings (SSSR count). The standard InChI is InChI=1S/C27H28N4OS/c1-18-11-12-19(2)25-24(18)14-23(26(32)30-25)17-31(16-21-8-7-13-28-15-21)27(33)29-20(3)22-9-5-4-6-10-22/h4-15,20H,16-17H2,1-3H3,(H,29,33)(H,30,32). The Labute approximate surface area is 199 Å². The summed E-state index contributed by atoms with van der Waals surface area (Å²) in [7, 11) is 0. The maximum atomic E-state index is 13.0. The molecule has 0 saturated heterocycles. The van der Waals surface area contributed by atoms with Crippen LogP contribution in [0.25, 0.3) is 10.9 Å². The number of hydrogen-bond acceptors (Lipinski definition) is 3. The van der Waals surface area contributed by atoms with Gasteiger partial charge < -0.3 is 15.2 Å². The summed E-state index contributed by atoms with van der Waals surface area (Å²) in [6.07, 6.45) is 3.58. The molecule has 2 aromatic heterocycles. The third kappa shape index (κ3) is 5.29. The molecule has 4 aromatic rings. The van der Waals surface area contributed by atoms with E-state index in [1.54, 1.807) is 6.20 Å². The van der Waals surface area contributed by atoms with Crippen LogP contribution in [-0.2, 0) is 13.1 Å². The van der Waals surface area contributed by atoms with Crippen LogP contribution < -0.4 is 10.9 Å². The van der Waals surface area contributed by atoms with Crippen molar-refractivity contribution >= 4 is 28.2 Å². The van der Waals surface area contributed by atoms with Crippen molar-refractivity contribution in [3.63, 3.8) is 0 Å². The third-order valence-electron chi connectivity index (χ3n) is 5.90. The van der Waals surface area contributed by atoms with Crippen molar-refractivity contribution in [1.82, 2.24) is 20.2 Å². The van der Waals surface area contributed by atoms with Crippen LogP contribution in [0.15, 0.2) is 77.9 Å². The molecule has 1 atom stereocenters. The fourth-order valence-electron chi connectivity index (χ4n) is 3.95. The van der Waals surface area contributed by atoms with Crippen LogP contribution in [-0.4, -0.2) is 20.0 Å². The Morgan fingerprint density at radius 1 is 1.06 bits per heavy atom. The van der Waals surface area contributed by atoms with Crippen LogP contribution in [0.1, 0.15) is 40.8 Å². The zero-order valence-electron chi connectivity index (χ0n) is 19.1. The fraction of sp³-hybridized carbons (Fsp3) is 0.222. The van der Waals surface area contributed by atoms with Gasteiger partial charge in [-0.3, -0.25) is 9.78 Å². The number of hydrogen-bond donors (Lipinski definition) is 2. The molecule has 5 nitrogen and oxygen atoms in total.